The minimum Gasteiger partial charge on any atom is -0.495 e. The van der Waals surface area contributed by atoms with Crippen LogP contribution >= 0.6 is 0 Å². The molecule has 3 aromatic carbocycles. The van der Waals surface area contributed by atoms with Crippen LogP contribution in [0.5, 0.6) is 5.75 Å². The zero-order chi connectivity index (χ0) is 27.5. The van der Waals surface area contributed by atoms with E-state index in [2.05, 4.69) is 5.32 Å². The van der Waals surface area contributed by atoms with Gasteiger partial charge < -0.3 is 10.1 Å². The molecule has 0 atom stereocenters. The molecule has 0 unspecified atom stereocenters. The SMILES string of the molecule is COc1ccc(S(=O)(=O)N2CCCC2)cc1NC(=O)CN(c1cc(C)ccc1C)S(=O)(=O)c1ccccc1. The van der Waals surface area contributed by atoms with Crippen molar-refractivity contribution in [2.75, 3.05) is 36.4 Å². The summed E-state index contributed by atoms with van der Waals surface area (Å²) in [6, 6.07) is 17.5. The maximum absolute atomic E-state index is 13.7. The van der Waals surface area contributed by atoms with E-state index in [-0.39, 0.29) is 21.2 Å². The minimum atomic E-state index is -4.10. The standard InChI is InChI=1S/C27H31N3O6S2/c1-20-11-12-21(2)25(17-20)30(38(34,35)22-9-5-4-6-10-22)19-27(31)28-24-18-23(13-14-26(24)36-3)37(32,33)29-15-7-8-16-29/h4-6,9-14,17-18H,7-8,15-16,19H2,1-3H3,(H,28,31). The van der Waals surface area contributed by atoms with E-state index in [4.69, 9.17) is 4.74 Å². The average molecular weight is 558 g/mol. The van der Waals surface area contributed by atoms with Crippen molar-refractivity contribution in [2.45, 2.75) is 36.5 Å². The number of carbonyl (C=O) groups excluding carboxylic acids is 1. The molecule has 1 fully saturated rings. The highest BCUT2D eigenvalue weighted by atomic mass is 32.2. The fourth-order valence-electron chi connectivity index (χ4n) is 4.35. The van der Waals surface area contributed by atoms with Crippen molar-refractivity contribution >= 4 is 37.3 Å². The Labute approximate surface area is 224 Å². The highest BCUT2D eigenvalue weighted by molar-refractivity contribution is 7.92. The highest BCUT2D eigenvalue weighted by Gasteiger charge is 2.30. The molecule has 0 bridgehead atoms. The maximum Gasteiger partial charge on any atom is 0.264 e. The van der Waals surface area contributed by atoms with E-state index in [0.29, 0.717) is 24.3 Å². The summed E-state index contributed by atoms with van der Waals surface area (Å²) in [7, 11) is -6.43. The van der Waals surface area contributed by atoms with E-state index in [9.17, 15) is 21.6 Å². The van der Waals surface area contributed by atoms with Crippen LogP contribution in [0.1, 0.15) is 24.0 Å². The van der Waals surface area contributed by atoms with Crippen LogP contribution in [0.3, 0.4) is 0 Å². The van der Waals surface area contributed by atoms with E-state index in [1.54, 1.807) is 37.3 Å². The number of methoxy groups -OCH3 is 1. The number of amides is 1. The van der Waals surface area contributed by atoms with Crippen LogP contribution in [-0.4, -0.2) is 53.8 Å². The Balaban J connectivity index is 1.69. The smallest absolute Gasteiger partial charge is 0.264 e. The number of ether oxygens (including phenoxy) is 1. The van der Waals surface area contributed by atoms with Crippen LogP contribution in [0.15, 0.2) is 76.5 Å². The monoisotopic (exact) mass is 557 g/mol. The second-order valence-electron chi connectivity index (χ2n) is 9.14. The molecule has 1 aliphatic heterocycles. The predicted molar refractivity (Wildman–Crippen MR) is 147 cm³/mol. The molecule has 3 aromatic rings. The number of hydrogen-bond acceptors (Lipinski definition) is 6. The zero-order valence-electron chi connectivity index (χ0n) is 21.5. The molecule has 38 heavy (non-hydrogen) atoms. The molecule has 0 spiro atoms. The Morgan fingerprint density at radius 2 is 1.61 bits per heavy atom. The molecule has 1 saturated heterocycles. The number of rotatable bonds is 9. The van der Waals surface area contributed by atoms with Gasteiger partial charge in [0.15, 0.2) is 0 Å². The first-order valence-corrected chi connectivity index (χ1v) is 15.0. The first-order chi connectivity index (χ1) is 18.0. The van der Waals surface area contributed by atoms with E-state index in [1.165, 1.54) is 41.7 Å². The molecular weight excluding hydrogens is 526 g/mol. The molecule has 9 nitrogen and oxygen atoms in total. The third-order valence-corrected chi connectivity index (χ3v) is 10.1. The lowest BCUT2D eigenvalue weighted by atomic mass is 10.1. The van der Waals surface area contributed by atoms with Gasteiger partial charge in [-0.15, -0.1) is 0 Å². The third-order valence-electron chi connectivity index (χ3n) is 6.40. The van der Waals surface area contributed by atoms with Gasteiger partial charge >= 0.3 is 0 Å². The molecule has 11 heteroatoms. The summed E-state index contributed by atoms with van der Waals surface area (Å²) in [6.45, 7) is 3.97. The Hall–Kier alpha value is -3.41. The molecular formula is C27H31N3O6S2. The number of hydrogen-bond donors (Lipinski definition) is 1. The normalized spacial score (nSPS) is 14.3. The zero-order valence-corrected chi connectivity index (χ0v) is 23.2. The largest absolute Gasteiger partial charge is 0.495 e. The molecule has 4 rings (SSSR count). The van der Waals surface area contributed by atoms with E-state index >= 15 is 0 Å². The van der Waals surface area contributed by atoms with Gasteiger partial charge in [-0.1, -0.05) is 30.3 Å². The summed E-state index contributed by atoms with van der Waals surface area (Å²) in [5, 5.41) is 2.67. The molecule has 0 radical (unpaired) electrons. The van der Waals surface area contributed by atoms with Crippen molar-refractivity contribution in [3.05, 3.63) is 77.9 Å². The molecule has 1 amide bonds. The van der Waals surface area contributed by atoms with Gasteiger partial charge in [0.25, 0.3) is 10.0 Å². The molecule has 202 valence electrons. The van der Waals surface area contributed by atoms with Gasteiger partial charge in [-0.2, -0.15) is 4.31 Å². The lowest BCUT2D eigenvalue weighted by molar-refractivity contribution is -0.114. The van der Waals surface area contributed by atoms with Crippen molar-refractivity contribution < 1.29 is 26.4 Å². The van der Waals surface area contributed by atoms with Gasteiger partial charge in [0.2, 0.25) is 15.9 Å². The molecule has 0 aliphatic carbocycles. The van der Waals surface area contributed by atoms with E-state index in [0.717, 1.165) is 22.7 Å². The van der Waals surface area contributed by atoms with Crippen molar-refractivity contribution in [1.82, 2.24) is 4.31 Å². The quantitative estimate of drug-likeness (QED) is 0.427. The van der Waals surface area contributed by atoms with Crippen molar-refractivity contribution in [3.63, 3.8) is 0 Å². The second kappa shape index (κ2) is 11.1. The second-order valence-corrected chi connectivity index (χ2v) is 12.9. The average Bonchev–Trinajstić information content (AvgIpc) is 3.45. The van der Waals surface area contributed by atoms with Crippen molar-refractivity contribution in [3.8, 4) is 5.75 Å². The predicted octanol–water partition coefficient (Wildman–Crippen LogP) is 3.93. The molecule has 1 N–H and O–H groups in total. The fourth-order valence-corrected chi connectivity index (χ4v) is 7.39. The number of anilines is 2. The lowest BCUT2D eigenvalue weighted by Gasteiger charge is -2.26. The topological polar surface area (TPSA) is 113 Å². The molecule has 1 heterocycles. The maximum atomic E-state index is 13.7. The summed E-state index contributed by atoms with van der Waals surface area (Å²) in [5.41, 5.74) is 2.03. The van der Waals surface area contributed by atoms with E-state index < -0.39 is 32.5 Å². The molecule has 0 aromatic heterocycles. The summed E-state index contributed by atoms with van der Waals surface area (Å²) < 4.78 is 61.3. The number of aryl methyl sites for hydroxylation is 2. The number of benzene rings is 3. The first kappa shape index (κ1) is 27.6. The molecule has 0 saturated carbocycles. The first-order valence-electron chi connectivity index (χ1n) is 12.2. The van der Waals surface area contributed by atoms with Crippen LogP contribution in [0, 0.1) is 13.8 Å². The van der Waals surface area contributed by atoms with Gasteiger partial charge in [0.1, 0.15) is 12.3 Å². The van der Waals surface area contributed by atoms with Gasteiger partial charge in [-0.25, -0.2) is 16.8 Å². The van der Waals surface area contributed by atoms with Gasteiger partial charge in [0, 0.05) is 13.1 Å². The van der Waals surface area contributed by atoms with E-state index in [1.807, 2.05) is 13.0 Å². The Kier molecular flexibility index (Phi) is 8.10. The van der Waals surface area contributed by atoms with Crippen LogP contribution < -0.4 is 14.4 Å². The molecule has 1 aliphatic rings. The van der Waals surface area contributed by atoms with Crippen molar-refractivity contribution in [1.29, 1.82) is 0 Å². The summed E-state index contributed by atoms with van der Waals surface area (Å²) >= 11 is 0. The van der Waals surface area contributed by atoms with Crippen LogP contribution in [0.2, 0.25) is 0 Å². The van der Waals surface area contributed by atoms with Crippen molar-refractivity contribution in [2.24, 2.45) is 0 Å². The van der Waals surface area contributed by atoms with Gasteiger partial charge in [0.05, 0.1) is 28.3 Å². The minimum absolute atomic E-state index is 0.0267. The van der Waals surface area contributed by atoms with Gasteiger partial charge in [-0.05, 0) is 74.2 Å². The summed E-state index contributed by atoms with van der Waals surface area (Å²) in [6.07, 6.45) is 1.59. The van der Waals surface area contributed by atoms with Crippen LogP contribution in [0.4, 0.5) is 11.4 Å². The summed E-state index contributed by atoms with van der Waals surface area (Å²) in [4.78, 5) is 13.4. The number of nitrogens with zero attached hydrogens (tertiary/aromatic N) is 2. The highest BCUT2D eigenvalue weighted by Crippen LogP contribution is 2.31. The Bertz CT molecular complexity index is 1530. The lowest BCUT2D eigenvalue weighted by Crippen LogP contribution is -2.38. The number of nitrogens with one attached hydrogen (secondary N) is 1. The Morgan fingerprint density at radius 1 is 0.921 bits per heavy atom. The third kappa shape index (κ3) is 5.69. The fraction of sp³-hybridized carbons (Fsp3) is 0.296. The van der Waals surface area contributed by atoms with Crippen LogP contribution in [-0.2, 0) is 24.8 Å². The Morgan fingerprint density at radius 3 is 2.26 bits per heavy atom. The summed E-state index contributed by atoms with van der Waals surface area (Å²) in [5.74, 6) is -0.401. The number of carbonyl (C=O) groups is 1. The van der Waals surface area contributed by atoms with Crippen LogP contribution in [0.25, 0.3) is 0 Å². The number of sulfonamides is 2. The van der Waals surface area contributed by atoms with Gasteiger partial charge in [-0.3, -0.25) is 9.10 Å².